The highest BCUT2D eigenvalue weighted by atomic mass is 16.5. The van der Waals surface area contributed by atoms with E-state index in [2.05, 4.69) is 22.8 Å². The maximum absolute atomic E-state index is 12.4. The molecule has 1 aromatic rings. The van der Waals surface area contributed by atoms with Gasteiger partial charge in [0.15, 0.2) is 0 Å². The van der Waals surface area contributed by atoms with Gasteiger partial charge in [-0.05, 0) is 24.8 Å². The topological polar surface area (TPSA) is 70.7 Å². The number of rotatable bonds is 5. The lowest BCUT2D eigenvalue weighted by Gasteiger charge is -2.33. The maximum atomic E-state index is 12.4. The molecule has 2 fully saturated rings. The molecule has 3 rings (SSSR count). The summed E-state index contributed by atoms with van der Waals surface area (Å²) < 4.78 is 5.48. The molecule has 136 valence electrons. The minimum Gasteiger partial charge on any atom is -0.366 e. The minimum atomic E-state index is -0.390. The van der Waals surface area contributed by atoms with E-state index in [1.807, 2.05) is 23.1 Å². The zero-order chi connectivity index (χ0) is 17.5. The first-order valence-electron chi connectivity index (χ1n) is 9.17. The van der Waals surface area contributed by atoms with Gasteiger partial charge in [-0.2, -0.15) is 0 Å². The van der Waals surface area contributed by atoms with Crippen LogP contribution < -0.4 is 10.6 Å². The summed E-state index contributed by atoms with van der Waals surface area (Å²) in [6, 6.07) is 10.2. The van der Waals surface area contributed by atoms with Gasteiger partial charge in [0, 0.05) is 38.6 Å². The Balaban J connectivity index is 1.37. The molecule has 6 nitrogen and oxygen atoms in total. The average molecular weight is 345 g/mol. The Morgan fingerprint density at radius 3 is 2.64 bits per heavy atom. The predicted octanol–water partition coefficient (Wildman–Crippen LogP) is 0.715. The highest BCUT2D eigenvalue weighted by Gasteiger charge is 2.27. The molecule has 1 atom stereocenters. The summed E-state index contributed by atoms with van der Waals surface area (Å²) in [7, 11) is 0. The van der Waals surface area contributed by atoms with Crippen molar-refractivity contribution in [2.24, 2.45) is 0 Å². The van der Waals surface area contributed by atoms with Crippen LogP contribution in [0.2, 0.25) is 0 Å². The normalized spacial score (nSPS) is 21.8. The van der Waals surface area contributed by atoms with Gasteiger partial charge in [-0.15, -0.1) is 0 Å². The second-order valence-corrected chi connectivity index (χ2v) is 6.71. The number of morpholine rings is 1. The van der Waals surface area contributed by atoms with Crippen molar-refractivity contribution in [2.75, 3.05) is 32.8 Å². The Kier molecular flexibility index (Phi) is 6.42. The molecule has 0 aromatic heterocycles. The average Bonchev–Trinajstić information content (AvgIpc) is 2.68. The number of carbonyl (C=O) groups is 2. The van der Waals surface area contributed by atoms with Crippen molar-refractivity contribution in [1.82, 2.24) is 15.5 Å². The second kappa shape index (κ2) is 8.97. The number of amides is 2. The summed E-state index contributed by atoms with van der Waals surface area (Å²) in [6.07, 6.45) is 2.55. The number of likely N-dealkylation sites (tertiary alicyclic amines) is 1. The van der Waals surface area contributed by atoms with Crippen LogP contribution in [0.4, 0.5) is 0 Å². The van der Waals surface area contributed by atoms with Gasteiger partial charge in [0.2, 0.25) is 5.91 Å². The molecule has 0 spiro atoms. The van der Waals surface area contributed by atoms with E-state index in [1.54, 1.807) is 0 Å². The van der Waals surface area contributed by atoms with Crippen LogP contribution in [0, 0.1) is 0 Å². The summed E-state index contributed by atoms with van der Waals surface area (Å²) >= 11 is 0. The molecular formula is C19H27N3O3. The van der Waals surface area contributed by atoms with Crippen LogP contribution in [-0.4, -0.2) is 61.6 Å². The first kappa shape index (κ1) is 17.9. The van der Waals surface area contributed by atoms with Crippen molar-refractivity contribution in [3.05, 3.63) is 35.9 Å². The van der Waals surface area contributed by atoms with Crippen molar-refractivity contribution >= 4 is 11.8 Å². The minimum absolute atomic E-state index is 0.0407. The first-order chi connectivity index (χ1) is 12.2. The number of hydrogen-bond donors (Lipinski definition) is 2. The van der Waals surface area contributed by atoms with E-state index in [0.29, 0.717) is 32.7 Å². The highest BCUT2D eigenvalue weighted by molar-refractivity contribution is 5.81. The lowest BCUT2D eigenvalue weighted by Crippen LogP contribution is -2.53. The van der Waals surface area contributed by atoms with Crippen LogP contribution in [0.1, 0.15) is 24.8 Å². The Morgan fingerprint density at radius 2 is 1.96 bits per heavy atom. The molecule has 2 heterocycles. The molecular weight excluding hydrogens is 318 g/mol. The quantitative estimate of drug-likeness (QED) is 0.825. The number of hydrogen-bond acceptors (Lipinski definition) is 4. The van der Waals surface area contributed by atoms with Gasteiger partial charge in [-0.3, -0.25) is 9.59 Å². The van der Waals surface area contributed by atoms with Gasteiger partial charge in [0.25, 0.3) is 5.91 Å². The third-order valence-corrected chi connectivity index (χ3v) is 4.88. The zero-order valence-electron chi connectivity index (χ0n) is 14.6. The predicted molar refractivity (Wildman–Crippen MR) is 95.1 cm³/mol. The summed E-state index contributed by atoms with van der Waals surface area (Å²) in [5, 5.41) is 6.23. The third kappa shape index (κ3) is 5.28. The van der Waals surface area contributed by atoms with Crippen molar-refractivity contribution in [1.29, 1.82) is 0 Å². The van der Waals surface area contributed by atoms with Crippen LogP contribution in [0.15, 0.2) is 30.3 Å². The van der Waals surface area contributed by atoms with E-state index < -0.39 is 0 Å². The number of piperidine rings is 1. The molecule has 2 saturated heterocycles. The first-order valence-corrected chi connectivity index (χ1v) is 9.17. The number of carbonyl (C=O) groups excluding carboxylic acids is 2. The lowest BCUT2D eigenvalue weighted by molar-refractivity contribution is -0.135. The van der Waals surface area contributed by atoms with Crippen LogP contribution >= 0.6 is 0 Å². The summed E-state index contributed by atoms with van der Waals surface area (Å²) in [5.41, 5.74) is 1.19. The molecule has 6 heteroatoms. The molecule has 2 N–H and O–H groups in total. The zero-order valence-corrected chi connectivity index (χ0v) is 14.6. The standard InChI is InChI=1S/C19H27N3O3/c23-18(7-6-15-4-2-1-3-5-15)22-11-8-16(9-12-22)21-19(24)17-14-20-10-13-25-17/h1-5,16-17,20H,6-14H2,(H,21,24). The van der Waals surface area contributed by atoms with E-state index in [1.165, 1.54) is 5.56 Å². The number of nitrogens with one attached hydrogen (secondary N) is 2. The number of benzene rings is 1. The summed E-state index contributed by atoms with van der Waals surface area (Å²) in [4.78, 5) is 26.5. The fraction of sp³-hybridized carbons (Fsp3) is 0.579. The van der Waals surface area contributed by atoms with Crippen LogP contribution in [0.25, 0.3) is 0 Å². The lowest BCUT2D eigenvalue weighted by atomic mass is 10.0. The third-order valence-electron chi connectivity index (χ3n) is 4.88. The van der Waals surface area contributed by atoms with E-state index in [0.717, 1.165) is 25.8 Å². The maximum Gasteiger partial charge on any atom is 0.250 e. The van der Waals surface area contributed by atoms with Gasteiger partial charge in [0.05, 0.1) is 6.61 Å². The molecule has 1 aromatic carbocycles. The van der Waals surface area contributed by atoms with Gasteiger partial charge < -0.3 is 20.3 Å². The Bertz CT molecular complexity index is 565. The van der Waals surface area contributed by atoms with Crippen molar-refractivity contribution < 1.29 is 14.3 Å². The SMILES string of the molecule is O=C(NC1CCN(C(=O)CCc2ccccc2)CC1)C1CNCCO1. The van der Waals surface area contributed by atoms with E-state index >= 15 is 0 Å². The fourth-order valence-electron chi connectivity index (χ4n) is 3.36. The number of nitrogens with zero attached hydrogens (tertiary/aromatic N) is 1. The molecule has 0 radical (unpaired) electrons. The smallest absolute Gasteiger partial charge is 0.250 e. The molecule has 1 unspecified atom stereocenters. The molecule has 0 saturated carbocycles. The second-order valence-electron chi connectivity index (χ2n) is 6.71. The fourth-order valence-corrected chi connectivity index (χ4v) is 3.36. The van der Waals surface area contributed by atoms with Crippen LogP contribution in [-0.2, 0) is 20.7 Å². The summed E-state index contributed by atoms with van der Waals surface area (Å²) in [6.45, 7) is 3.37. The number of aryl methyl sites for hydroxylation is 1. The molecule has 2 amide bonds. The van der Waals surface area contributed by atoms with Gasteiger partial charge in [-0.1, -0.05) is 30.3 Å². The summed E-state index contributed by atoms with van der Waals surface area (Å²) in [5.74, 6) is 0.162. The molecule has 0 bridgehead atoms. The van der Waals surface area contributed by atoms with Crippen LogP contribution in [0.5, 0.6) is 0 Å². The van der Waals surface area contributed by atoms with Gasteiger partial charge >= 0.3 is 0 Å². The number of ether oxygens (including phenoxy) is 1. The van der Waals surface area contributed by atoms with Crippen LogP contribution in [0.3, 0.4) is 0 Å². The van der Waals surface area contributed by atoms with Gasteiger partial charge in [0.1, 0.15) is 6.10 Å². The Morgan fingerprint density at radius 1 is 1.20 bits per heavy atom. The monoisotopic (exact) mass is 345 g/mol. The molecule has 25 heavy (non-hydrogen) atoms. The van der Waals surface area contributed by atoms with E-state index in [9.17, 15) is 9.59 Å². The molecule has 0 aliphatic carbocycles. The van der Waals surface area contributed by atoms with E-state index in [4.69, 9.17) is 4.74 Å². The highest BCUT2D eigenvalue weighted by Crippen LogP contribution is 2.13. The Labute approximate surface area is 148 Å². The largest absolute Gasteiger partial charge is 0.366 e. The molecule has 2 aliphatic rings. The van der Waals surface area contributed by atoms with E-state index in [-0.39, 0.29) is 24.0 Å². The van der Waals surface area contributed by atoms with Crippen molar-refractivity contribution in [2.45, 2.75) is 37.8 Å². The van der Waals surface area contributed by atoms with Gasteiger partial charge in [-0.25, -0.2) is 0 Å². The Hall–Kier alpha value is -1.92. The molecule has 2 aliphatic heterocycles. The van der Waals surface area contributed by atoms with Crippen molar-refractivity contribution in [3.63, 3.8) is 0 Å². The van der Waals surface area contributed by atoms with Crippen molar-refractivity contribution in [3.8, 4) is 0 Å².